The van der Waals surface area contributed by atoms with E-state index in [4.69, 9.17) is 31.5 Å². The fourth-order valence-corrected chi connectivity index (χ4v) is 9.68. The minimum absolute atomic E-state index is 0.0318. The van der Waals surface area contributed by atoms with E-state index in [1.807, 2.05) is 20.8 Å². The van der Waals surface area contributed by atoms with Crippen LogP contribution in [0, 0.1) is 20.8 Å². The molecule has 4 heterocycles. The molecule has 4 saturated heterocycles. The molecule has 0 unspecified atom stereocenters. The van der Waals surface area contributed by atoms with Crippen molar-refractivity contribution in [1.29, 1.82) is 0 Å². The highest BCUT2D eigenvalue weighted by molar-refractivity contribution is 9.09. The van der Waals surface area contributed by atoms with Gasteiger partial charge in [-0.2, -0.15) is 25.3 Å². The second-order valence-corrected chi connectivity index (χ2v) is 18.3. The van der Waals surface area contributed by atoms with E-state index >= 15 is 0 Å². The van der Waals surface area contributed by atoms with Crippen LogP contribution in [0.5, 0.6) is 0 Å². The van der Waals surface area contributed by atoms with Crippen molar-refractivity contribution in [3.63, 3.8) is 0 Å². The molecule has 4 aliphatic heterocycles. The van der Waals surface area contributed by atoms with Gasteiger partial charge in [0, 0.05) is 0 Å². The molecule has 0 saturated carbocycles. The van der Waals surface area contributed by atoms with Crippen molar-refractivity contribution >= 4 is 46.3 Å². The molecule has 272 valence electrons. The summed E-state index contributed by atoms with van der Waals surface area (Å²) in [7, 11) is -11.8. The van der Waals surface area contributed by atoms with Gasteiger partial charge in [0.1, 0.15) is 42.7 Å². The highest BCUT2D eigenvalue weighted by atomic mass is 79.9. The predicted octanol–water partition coefficient (Wildman–Crippen LogP) is 3.58. The number of halogens is 1. The zero-order valence-corrected chi connectivity index (χ0v) is 31.3. The minimum Gasteiger partial charge on any atom is -0.371 e. The van der Waals surface area contributed by atoms with E-state index in [0.29, 0.717) is 6.61 Å². The van der Waals surface area contributed by atoms with Crippen molar-refractivity contribution in [2.75, 3.05) is 26.4 Å². The zero-order valence-electron chi connectivity index (χ0n) is 27.3. The Hall–Kier alpha value is -2.29. The maximum Gasteiger partial charge on any atom is 0.297 e. The Labute approximate surface area is 300 Å². The predicted molar refractivity (Wildman–Crippen MR) is 181 cm³/mol. The third-order valence-electron chi connectivity index (χ3n) is 8.59. The molecular formula is C33H37BrO13S3. The summed E-state index contributed by atoms with van der Waals surface area (Å²) in [4.78, 5) is 0.303. The van der Waals surface area contributed by atoms with Gasteiger partial charge in [-0.15, -0.1) is 0 Å². The maximum absolute atomic E-state index is 12.6. The third-order valence-corrected chi connectivity index (χ3v) is 13.4. The molecule has 3 aromatic carbocycles. The average Bonchev–Trinajstić information content (AvgIpc) is 3.84. The van der Waals surface area contributed by atoms with Gasteiger partial charge in [-0.1, -0.05) is 69.0 Å². The van der Waals surface area contributed by atoms with Crippen molar-refractivity contribution in [3.8, 4) is 0 Å². The summed E-state index contributed by atoms with van der Waals surface area (Å²) in [5.41, 5.74) is 2.84. The Morgan fingerprint density at radius 2 is 0.720 bits per heavy atom. The summed E-state index contributed by atoms with van der Waals surface area (Å²) in [6, 6.07) is 19.1. The molecule has 0 aliphatic carbocycles. The first-order valence-corrected chi connectivity index (χ1v) is 20.9. The maximum atomic E-state index is 12.6. The van der Waals surface area contributed by atoms with Gasteiger partial charge in [0.25, 0.3) is 30.4 Å². The first-order chi connectivity index (χ1) is 23.6. The minimum atomic E-state index is -4.02. The van der Waals surface area contributed by atoms with Crippen LogP contribution in [0.4, 0.5) is 0 Å². The molecule has 3 aromatic rings. The van der Waals surface area contributed by atoms with Gasteiger partial charge >= 0.3 is 0 Å². The number of aryl methyl sites for hydroxylation is 3. The molecule has 4 fully saturated rings. The fraction of sp³-hybridized carbons (Fsp3) is 0.455. The van der Waals surface area contributed by atoms with E-state index in [1.165, 1.54) is 24.3 Å². The first-order valence-electron chi connectivity index (χ1n) is 15.7. The molecule has 0 N–H and O–H groups in total. The van der Waals surface area contributed by atoms with Crippen molar-refractivity contribution in [3.05, 3.63) is 89.5 Å². The number of hydrogen-bond donors (Lipinski definition) is 0. The fourth-order valence-electron chi connectivity index (χ4n) is 5.86. The summed E-state index contributed by atoms with van der Waals surface area (Å²) >= 11 is 3.45. The van der Waals surface area contributed by atoms with Crippen LogP contribution < -0.4 is 0 Å². The van der Waals surface area contributed by atoms with Gasteiger partial charge in [0.05, 0.1) is 45.9 Å². The van der Waals surface area contributed by atoms with Crippen LogP contribution in [0.3, 0.4) is 0 Å². The Kier molecular flexibility index (Phi) is 11.2. The Balaban J connectivity index is 0.000000187. The molecule has 0 amide bonds. The topological polar surface area (TPSA) is 167 Å². The van der Waals surface area contributed by atoms with Crippen molar-refractivity contribution in [2.45, 2.75) is 83.0 Å². The van der Waals surface area contributed by atoms with E-state index in [-0.39, 0.29) is 51.5 Å². The van der Waals surface area contributed by atoms with Gasteiger partial charge in [0.15, 0.2) is 0 Å². The molecule has 0 bridgehead atoms. The van der Waals surface area contributed by atoms with Crippen molar-refractivity contribution in [1.82, 2.24) is 0 Å². The van der Waals surface area contributed by atoms with E-state index in [2.05, 4.69) is 15.9 Å². The monoisotopic (exact) mass is 816 g/mol. The zero-order chi connectivity index (χ0) is 35.8. The van der Waals surface area contributed by atoms with Gasteiger partial charge in [-0.3, -0.25) is 12.5 Å². The van der Waals surface area contributed by atoms with Gasteiger partial charge in [-0.25, -0.2) is 0 Å². The highest BCUT2D eigenvalue weighted by Crippen LogP contribution is 2.35. The van der Waals surface area contributed by atoms with E-state index in [1.54, 1.807) is 48.5 Å². The Morgan fingerprint density at radius 1 is 0.460 bits per heavy atom. The molecular weight excluding hydrogens is 780 g/mol. The molecule has 8 atom stereocenters. The normalized spacial score (nSPS) is 29.3. The Bertz CT molecular complexity index is 1880. The number of rotatable bonds is 9. The summed E-state index contributed by atoms with van der Waals surface area (Å²) < 4.78 is 113. The van der Waals surface area contributed by atoms with Crippen LogP contribution in [-0.2, 0) is 61.9 Å². The van der Waals surface area contributed by atoms with E-state index < -0.39 is 60.9 Å². The molecule has 0 aromatic heterocycles. The SMILES string of the molecule is Cc1ccc(S(=O)(=O)O[C@H]2CO[C@H]3[C@@H]2OC[C@@H]3Br)cc1.Cc1ccc(S(=O)(=O)O[C@H]2CO[C@H]3[C@@H]2OC[C@H]3OS(=O)(=O)c2ccc(C)cc2)cc1. The molecule has 0 radical (unpaired) electrons. The Morgan fingerprint density at radius 3 is 1.04 bits per heavy atom. The molecule has 4 aliphatic rings. The van der Waals surface area contributed by atoms with Gasteiger partial charge in [0.2, 0.25) is 0 Å². The highest BCUT2D eigenvalue weighted by Gasteiger charge is 2.52. The molecule has 17 heteroatoms. The number of alkyl halides is 1. The second-order valence-electron chi connectivity index (χ2n) is 12.4. The first kappa shape index (κ1) is 37.5. The summed E-state index contributed by atoms with van der Waals surface area (Å²) in [6.45, 7) is 6.22. The van der Waals surface area contributed by atoms with Crippen LogP contribution in [0.15, 0.2) is 87.5 Å². The van der Waals surface area contributed by atoms with Crippen LogP contribution >= 0.6 is 15.9 Å². The lowest BCUT2D eigenvalue weighted by Gasteiger charge is -2.17. The van der Waals surface area contributed by atoms with Crippen LogP contribution in [0.1, 0.15) is 16.7 Å². The van der Waals surface area contributed by atoms with Crippen LogP contribution in [0.25, 0.3) is 0 Å². The smallest absolute Gasteiger partial charge is 0.297 e. The lowest BCUT2D eigenvalue weighted by atomic mass is 10.1. The van der Waals surface area contributed by atoms with E-state index in [0.717, 1.165) is 16.7 Å². The van der Waals surface area contributed by atoms with Gasteiger partial charge < -0.3 is 18.9 Å². The lowest BCUT2D eigenvalue weighted by Crippen LogP contribution is -2.36. The molecule has 13 nitrogen and oxygen atoms in total. The van der Waals surface area contributed by atoms with E-state index in [9.17, 15) is 25.3 Å². The molecule has 0 spiro atoms. The van der Waals surface area contributed by atoms with Crippen LogP contribution in [0.2, 0.25) is 0 Å². The lowest BCUT2D eigenvalue weighted by molar-refractivity contribution is 0.0220. The third kappa shape index (κ3) is 8.33. The summed E-state index contributed by atoms with van der Waals surface area (Å²) in [6.07, 6.45) is -4.34. The number of hydrogen-bond acceptors (Lipinski definition) is 13. The molecule has 7 rings (SSSR count). The van der Waals surface area contributed by atoms with Crippen molar-refractivity contribution < 1.29 is 56.8 Å². The van der Waals surface area contributed by atoms with Crippen molar-refractivity contribution in [2.24, 2.45) is 0 Å². The summed E-state index contributed by atoms with van der Waals surface area (Å²) in [5.74, 6) is 0. The largest absolute Gasteiger partial charge is 0.371 e. The molecule has 50 heavy (non-hydrogen) atoms. The number of fused-ring (bicyclic) bond motifs is 2. The number of ether oxygens (including phenoxy) is 4. The standard InChI is InChI=1S/C20H22O8S2.C13H15BrO5S/c1-13-3-7-15(8-4-13)29(21,22)27-17-11-25-20-18(12-26-19(17)20)28-30(23,24)16-9-5-14(2)6-10-16;1-8-2-4-9(5-3-8)20(15,16)19-11-7-18-12-10(14)6-17-13(11)12/h3-10,17-20H,11-12H2,1-2H3;2-5,10-13H,6-7H2,1H3/t17-,18+,19-,20-;10-,11-,12+,13+/m10/s1. The van der Waals surface area contributed by atoms with Crippen LogP contribution in [-0.4, -0.2) is 99.2 Å². The summed E-state index contributed by atoms with van der Waals surface area (Å²) in [5, 5.41) is 0. The number of benzene rings is 3. The quantitative estimate of drug-likeness (QED) is 0.227. The second kappa shape index (κ2) is 15.0. The average molecular weight is 818 g/mol. The van der Waals surface area contributed by atoms with Gasteiger partial charge in [-0.05, 0) is 57.2 Å².